The second-order valence-electron chi connectivity index (χ2n) is 5.30. The van der Waals surface area contributed by atoms with Crippen molar-refractivity contribution in [2.45, 2.75) is 12.8 Å². The molecule has 2 aromatic rings. The first-order chi connectivity index (χ1) is 10.7. The van der Waals surface area contributed by atoms with E-state index in [4.69, 9.17) is 0 Å². The number of likely N-dealkylation sites (tertiary alicyclic amines) is 1. The summed E-state index contributed by atoms with van der Waals surface area (Å²) in [5.74, 6) is -0.354. The van der Waals surface area contributed by atoms with Crippen LogP contribution in [0.25, 0.3) is 0 Å². The zero-order valence-electron chi connectivity index (χ0n) is 12.1. The Morgan fingerprint density at radius 1 is 1.36 bits per heavy atom. The van der Waals surface area contributed by atoms with Crippen molar-refractivity contribution in [3.63, 3.8) is 0 Å². The van der Waals surface area contributed by atoms with Gasteiger partial charge in [-0.2, -0.15) is 0 Å². The molecule has 1 saturated heterocycles. The molecule has 0 aliphatic carbocycles. The molecule has 1 aliphatic rings. The maximum absolute atomic E-state index is 12.2. The van der Waals surface area contributed by atoms with Crippen LogP contribution >= 0.6 is 11.3 Å². The highest BCUT2D eigenvalue weighted by Gasteiger charge is 2.34. The van der Waals surface area contributed by atoms with Crippen LogP contribution in [0.1, 0.15) is 12.0 Å². The molecule has 1 atom stereocenters. The van der Waals surface area contributed by atoms with Gasteiger partial charge in [-0.05, 0) is 12.0 Å². The van der Waals surface area contributed by atoms with Gasteiger partial charge in [0.2, 0.25) is 11.8 Å². The van der Waals surface area contributed by atoms with Gasteiger partial charge < -0.3 is 10.2 Å². The van der Waals surface area contributed by atoms with Crippen LogP contribution in [-0.4, -0.2) is 34.8 Å². The largest absolute Gasteiger partial charge is 0.342 e. The van der Waals surface area contributed by atoms with Gasteiger partial charge >= 0.3 is 0 Å². The lowest BCUT2D eigenvalue weighted by Crippen LogP contribution is -2.29. The van der Waals surface area contributed by atoms with Gasteiger partial charge in [0.25, 0.3) is 0 Å². The van der Waals surface area contributed by atoms with Gasteiger partial charge in [-0.1, -0.05) is 30.3 Å². The first-order valence-corrected chi connectivity index (χ1v) is 8.12. The fourth-order valence-corrected chi connectivity index (χ4v) is 3.10. The lowest BCUT2D eigenvalue weighted by Gasteiger charge is -2.16. The molecule has 1 N–H and O–H groups in total. The molecule has 0 bridgehead atoms. The third kappa shape index (κ3) is 3.51. The monoisotopic (exact) mass is 315 g/mol. The molecular formula is C16H17N3O2S. The fourth-order valence-electron chi connectivity index (χ4n) is 2.57. The lowest BCUT2D eigenvalue weighted by atomic mass is 10.1. The Morgan fingerprint density at radius 3 is 2.91 bits per heavy atom. The van der Waals surface area contributed by atoms with Gasteiger partial charge in [0.15, 0.2) is 5.13 Å². The molecule has 5 nitrogen and oxygen atoms in total. The minimum Gasteiger partial charge on any atom is -0.342 e. The van der Waals surface area contributed by atoms with Crippen LogP contribution in [0, 0.1) is 5.92 Å². The summed E-state index contributed by atoms with van der Waals surface area (Å²) >= 11 is 1.38. The smallest absolute Gasteiger partial charge is 0.231 e. The zero-order chi connectivity index (χ0) is 15.4. The lowest BCUT2D eigenvalue weighted by molar-refractivity contribution is -0.128. The molecule has 1 fully saturated rings. The molecule has 22 heavy (non-hydrogen) atoms. The second kappa shape index (κ2) is 6.70. The van der Waals surface area contributed by atoms with Gasteiger partial charge in [0.1, 0.15) is 0 Å². The quantitative estimate of drug-likeness (QED) is 0.920. The molecule has 0 radical (unpaired) electrons. The Kier molecular flexibility index (Phi) is 4.48. The third-order valence-corrected chi connectivity index (χ3v) is 4.45. The van der Waals surface area contributed by atoms with Crippen molar-refractivity contribution < 1.29 is 9.59 Å². The van der Waals surface area contributed by atoms with Crippen molar-refractivity contribution in [3.05, 3.63) is 47.5 Å². The number of amides is 2. The Balaban J connectivity index is 1.53. The molecule has 1 aromatic carbocycles. The summed E-state index contributed by atoms with van der Waals surface area (Å²) < 4.78 is 0. The normalized spacial score (nSPS) is 17.7. The van der Waals surface area contributed by atoms with Crippen LogP contribution in [0.3, 0.4) is 0 Å². The number of hydrogen-bond donors (Lipinski definition) is 1. The van der Waals surface area contributed by atoms with Crippen molar-refractivity contribution >= 4 is 28.3 Å². The fraction of sp³-hybridized carbons (Fsp3) is 0.312. The summed E-state index contributed by atoms with van der Waals surface area (Å²) in [6.45, 7) is 1.15. The number of nitrogens with one attached hydrogen (secondary N) is 1. The Bertz CT molecular complexity index is 643. The van der Waals surface area contributed by atoms with Gasteiger partial charge in [0, 0.05) is 31.1 Å². The van der Waals surface area contributed by atoms with E-state index in [-0.39, 0.29) is 24.2 Å². The van der Waals surface area contributed by atoms with Gasteiger partial charge in [-0.15, -0.1) is 11.3 Å². The van der Waals surface area contributed by atoms with Crippen molar-refractivity contribution in [2.24, 2.45) is 5.92 Å². The number of nitrogens with zero attached hydrogens (tertiary/aromatic N) is 2. The van der Waals surface area contributed by atoms with E-state index in [1.165, 1.54) is 16.9 Å². The van der Waals surface area contributed by atoms with Crippen molar-refractivity contribution in [1.29, 1.82) is 0 Å². The highest BCUT2D eigenvalue weighted by molar-refractivity contribution is 7.13. The van der Waals surface area contributed by atoms with Crippen molar-refractivity contribution in [3.8, 4) is 0 Å². The number of carbonyl (C=O) groups is 2. The Labute approximate surface area is 133 Å². The van der Waals surface area contributed by atoms with E-state index in [0.29, 0.717) is 18.2 Å². The number of thiazole rings is 1. The van der Waals surface area contributed by atoms with Crippen LogP contribution in [0.2, 0.25) is 0 Å². The first kappa shape index (κ1) is 14.7. The Morgan fingerprint density at radius 2 is 2.18 bits per heavy atom. The molecular weight excluding hydrogens is 298 g/mol. The SMILES string of the molecule is O=C(Nc1nccs1)[C@H]1CC(=O)N(CCc2ccccc2)C1. The summed E-state index contributed by atoms with van der Waals surface area (Å²) in [4.78, 5) is 30.0. The minimum atomic E-state index is -0.285. The summed E-state index contributed by atoms with van der Waals surface area (Å²) in [5.41, 5.74) is 1.20. The molecule has 0 spiro atoms. The van der Waals surface area contributed by atoms with Crippen LogP contribution in [0.15, 0.2) is 41.9 Å². The maximum Gasteiger partial charge on any atom is 0.231 e. The van der Waals surface area contributed by atoms with Gasteiger partial charge in [-0.3, -0.25) is 9.59 Å². The van der Waals surface area contributed by atoms with Crippen LogP contribution in [0.4, 0.5) is 5.13 Å². The third-order valence-electron chi connectivity index (χ3n) is 3.76. The second-order valence-corrected chi connectivity index (χ2v) is 6.20. The van der Waals surface area contributed by atoms with Gasteiger partial charge in [-0.25, -0.2) is 4.98 Å². The summed E-state index contributed by atoms with van der Waals surface area (Å²) in [5, 5.41) is 5.16. The van der Waals surface area contributed by atoms with Crippen LogP contribution < -0.4 is 5.32 Å². The predicted octanol–water partition coefficient (Wildman–Crippen LogP) is 2.17. The number of benzene rings is 1. The standard InChI is InChI=1S/C16H17N3O2S/c20-14-10-13(15(21)18-16-17-7-9-22-16)11-19(14)8-6-12-4-2-1-3-5-12/h1-5,7,9,13H,6,8,10-11H2,(H,17,18,21)/t13-/m0/s1. The molecule has 114 valence electrons. The number of carbonyl (C=O) groups excluding carboxylic acids is 2. The molecule has 2 heterocycles. The molecule has 6 heteroatoms. The van der Waals surface area contributed by atoms with E-state index >= 15 is 0 Å². The average molecular weight is 315 g/mol. The van der Waals surface area contributed by atoms with Gasteiger partial charge in [0.05, 0.1) is 5.92 Å². The van der Waals surface area contributed by atoms with E-state index in [1.807, 2.05) is 35.7 Å². The zero-order valence-corrected chi connectivity index (χ0v) is 12.9. The molecule has 0 unspecified atom stereocenters. The Hall–Kier alpha value is -2.21. The van der Waals surface area contributed by atoms with E-state index in [2.05, 4.69) is 10.3 Å². The van der Waals surface area contributed by atoms with Crippen molar-refractivity contribution in [2.75, 3.05) is 18.4 Å². The van der Waals surface area contributed by atoms with Crippen molar-refractivity contribution in [1.82, 2.24) is 9.88 Å². The minimum absolute atomic E-state index is 0.0511. The summed E-state index contributed by atoms with van der Waals surface area (Å²) in [6, 6.07) is 10.1. The molecule has 3 rings (SSSR count). The van der Waals surface area contributed by atoms with Crippen LogP contribution in [-0.2, 0) is 16.0 Å². The molecule has 1 aromatic heterocycles. The average Bonchev–Trinajstić information content (AvgIpc) is 3.16. The highest BCUT2D eigenvalue weighted by atomic mass is 32.1. The van der Waals surface area contributed by atoms with E-state index in [0.717, 1.165) is 6.42 Å². The van der Waals surface area contributed by atoms with Crippen LogP contribution in [0.5, 0.6) is 0 Å². The number of anilines is 1. The molecule has 1 aliphatic heterocycles. The highest BCUT2D eigenvalue weighted by Crippen LogP contribution is 2.21. The molecule has 0 saturated carbocycles. The predicted molar refractivity (Wildman–Crippen MR) is 85.6 cm³/mol. The maximum atomic E-state index is 12.2. The number of rotatable bonds is 5. The topological polar surface area (TPSA) is 62.3 Å². The number of aromatic nitrogens is 1. The summed E-state index contributed by atoms with van der Waals surface area (Å²) in [7, 11) is 0. The number of hydrogen-bond acceptors (Lipinski definition) is 4. The van der Waals surface area contributed by atoms with E-state index in [9.17, 15) is 9.59 Å². The van der Waals surface area contributed by atoms with E-state index in [1.54, 1.807) is 11.1 Å². The van der Waals surface area contributed by atoms with E-state index < -0.39 is 0 Å². The molecule has 2 amide bonds. The first-order valence-electron chi connectivity index (χ1n) is 7.24. The summed E-state index contributed by atoms with van der Waals surface area (Å²) in [6.07, 6.45) is 2.74.